The minimum atomic E-state index is -1.13. The number of methoxy groups -OCH3 is 1. The molecule has 0 radical (unpaired) electrons. The predicted octanol–water partition coefficient (Wildman–Crippen LogP) is 1.46. The molecule has 1 rings (SSSR count). The van der Waals surface area contributed by atoms with E-state index in [-0.39, 0.29) is 17.3 Å². The minimum Gasteiger partial charge on any atom is -0.497 e. The summed E-state index contributed by atoms with van der Waals surface area (Å²) in [4.78, 5) is 25.0. The van der Waals surface area contributed by atoms with E-state index in [1.165, 1.54) is 19.2 Å². The van der Waals surface area contributed by atoms with Gasteiger partial charge in [-0.1, -0.05) is 0 Å². The Morgan fingerprint density at radius 3 is 2.57 bits per heavy atom. The smallest absolute Gasteiger partial charge is 0.337 e. The Morgan fingerprint density at radius 2 is 2.05 bits per heavy atom. The van der Waals surface area contributed by atoms with Gasteiger partial charge in [-0.2, -0.15) is 0 Å². The molecule has 7 nitrogen and oxygen atoms in total. The van der Waals surface area contributed by atoms with Crippen LogP contribution in [0.25, 0.3) is 0 Å². The van der Waals surface area contributed by atoms with Gasteiger partial charge in [-0.15, -0.1) is 0 Å². The maximum Gasteiger partial charge on any atom is 0.337 e. The van der Waals surface area contributed by atoms with Gasteiger partial charge in [0.15, 0.2) is 0 Å². The molecule has 0 spiro atoms. The molecule has 1 atom stereocenters. The van der Waals surface area contributed by atoms with E-state index in [0.29, 0.717) is 12.3 Å². The molecule has 0 aliphatic heterocycles. The van der Waals surface area contributed by atoms with Crippen LogP contribution in [0.2, 0.25) is 0 Å². The molecule has 0 saturated heterocycles. The molecule has 0 fully saturated rings. The zero-order valence-electron chi connectivity index (χ0n) is 12.6. The van der Waals surface area contributed by atoms with Gasteiger partial charge in [0.25, 0.3) is 0 Å². The van der Waals surface area contributed by atoms with Gasteiger partial charge in [0, 0.05) is 12.6 Å². The lowest BCUT2D eigenvalue weighted by molar-refractivity contribution is 0.0697. The second-order valence-corrected chi connectivity index (χ2v) is 4.98. The number of carboxylic acids is 1. The van der Waals surface area contributed by atoms with Crippen molar-refractivity contribution in [3.63, 3.8) is 0 Å². The fraction of sp³-hybridized carbons (Fsp3) is 0.429. The molecule has 7 heteroatoms. The molecular formula is C14H21N3O4. The number of carboxylic acid groups (broad SMARTS) is 1. The Labute approximate surface area is 123 Å². The van der Waals surface area contributed by atoms with Crippen LogP contribution in [0, 0.1) is 0 Å². The van der Waals surface area contributed by atoms with Crippen molar-refractivity contribution in [2.45, 2.75) is 13.0 Å². The van der Waals surface area contributed by atoms with Gasteiger partial charge in [-0.05, 0) is 39.2 Å². The topological polar surface area (TPSA) is 90.9 Å². The Kier molecular flexibility index (Phi) is 5.98. The molecule has 21 heavy (non-hydrogen) atoms. The first-order valence-electron chi connectivity index (χ1n) is 6.47. The van der Waals surface area contributed by atoms with E-state index in [2.05, 4.69) is 10.6 Å². The molecule has 1 aromatic rings. The van der Waals surface area contributed by atoms with Crippen LogP contribution in [0.3, 0.4) is 0 Å². The van der Waals surface area contributed by atoms with Gasteiger partial charge in [0.2, 0.25) is 0 Å². The summed E-state index contributed by atoms with van der Waals surface area (Å²) in [6.45, 7) is 2.55. The van der Waals surface area contributed by atoms with E-state index in [1.807, 2.05) is 25.9 Å². The van der Waals surface area contributed by atoms with Crippen molar-refractivity contribution in [3.05, 3.63) is 23.8 Å². The number of urea groups is 1. The van der Waals surface area contributed by atoms with Crippen LogP contribution < -0.4 is 15.4 Å². The molecule has 0 aromatic heterocycles. The third-order valence-electron chi connectivity index (χ3n) is 2.72. The van der Waals surface area contributed by atoms with E-state index in [4.69, 9.17) is 9.84 Å². The van der Waals surface area contributed by atoms with E-state index in [1.54, 1.807) is 6.07 Å². The van der Waals surface area contributed by atoms with E-state index in [9.17, 15) is 9.59 Å². The number of ether oxygens (including phenoxy) is 1. The number of carbonyl (C=O) groups is 2. The van der Waals surface area contributed by atoms with Crippen LogP contribution in [-0.4, -0.2) is 55.8 Å². The number of carbonyl (C=O) groups excluding carboxylic acids is 1. The quantitative estimate of drug-likeness (QED) is 0.739. The Morgan fingerprint density at radius 1 is 1.38 bits per heavy atom. The molecule has 0 aliphatic rings. The van der Waals surface area contributed by atoms with Gasteiger partial charge in [0.05, 0.1) is 18.4 Å². The average molecular weight is 295 g/mol. The lowest BCUT2D eigenvalue weighted by Crippen LogP contribution is -2.41. The van der Waals surface area contributed by atoms with E-state index >= 15 is 0 Å². The summed E-state index contributed by atoms with van der Waals surface area (Å²) >= 11 is 0. The maximum atomic E-state index is 11.9. The third kappa shape index (κ3) is 5.31. The Hall–Kier alpha value is -2.28. The first-order chi connectivity index (χ1) is 9.83. The summed E-state index contributed by atoms with van der Waals surface area (Å²) in [5, 5.41) is 14.4. The second kappa shape index (κ2) is 7.49. The summed E-state index contributed by atoms with van der Waals surface area (Å²) < 4.78 is 4.98. The number of likely N-dealkylation sites (N-methyl/N-ethyl adjacent to an activating group) is 1. The van der Waals surface area contributed by atoms with Crippen molar-refractivity contribution in [1.82, 2.24) is 10.2 Å². The summed E-state index contributed by atoms with van der Waals surface area (Å²) in [6, 6.07) is 3.94. The summed E-state index contributed by atoms with van der Waals surface area (Å²) in [5.74, 6) is -0.718. The van der Waals surface area contributed by atoms with Crippen molar-refractivity contribution in [3.8, 4) is 5.75 Å². The highest BCUT2D eigenvalue weighted by Gasteiger charge is 2.15. The van der Waals surface area contributed by atoms with Crippen molar-refractivity contribution in [2.24, 2.45) is 0 Å². The van der Waals surface area contributed by atoms with Crippen LogP contribution in [0.1, 0.15) is 17.3 Å². The average Bonchev–Trinajstić information content (AvgIpc) is 2.37. The van der Waals surface area contributed by atoms with E-state index < -0.39 is 12.0 Å². The van der Waals surface area contributed by atoms with Gasteiger partial charge >= 0.3 is 12.0 Å². The van der Waals surface area contributed by atoms with Crippen LogP contribution in [0.5, 0.6) is 5.75 Å². The van der Waals surface area contributed by atoms with Gasteiger partial charge in [-0.3, -0.25) is 0 Å². The Bertz CT molecular complexity index is 517. The monoisotopic (exact) mass is 295 g/mol. The maximum absolute atomic E-state index is 11.9. The van der Waals surface area contributed by atoms with Gasteiger partial charge in [0.1, 0.15) is 5.75 Å². The Balaban J connectivity index is 2.78. The molecule has 0 aliphatic carbocycles. The van der Waals surface area contributed by atoms with Crippen molar-refractivity contribution >= 4 is 17.7 Å². The highest BCUT2D eigenvalue weighted by molar-refractivity contribution is 6.00. The highest BCUT2D eigenvalue weighted by atomic mass is 16.5. The minimum absolute atomic E-state index is 0.0234. The molecule has 0 heterocycles. The normalized spacial score (nSPS) is 11.9. The SMILES string of the molecule is COc1ccc(NC(=O)NC(C)CN(C)C)c(C(=O)O)c1. The predicted molar refractivity (Wildman–Crippen MR) is 80.1 cm³/mol. The lowest BCUT2D eigenvalue weighted by Gasteiger charge is -2.19. The molecule has 0 bridgehead atoms. The van der Waals surface area contributed by atoms with Crippen LogP contribution in [0.4, 0.5) is 10.5 Å². The molecule has 1 aromatic carbocycles. The molecule has 0 saturated carbocycles. The molecule has 2 amide bonds. The van der Waals surface area contributed by atoms with Crippen LogP contribution in [0.15, 0.2) is 18.2 Å². The van der Waals surface area contributed by atoms with E-state index in [0.717, 1.165) is 0 Å². The largest absolute Gasteiger partial charge is 0.497 e. The standard InChI is InChI=1S/C14H21N3O4/c1-9(8-17(2)3)15-14(20)16-12-6-5-10(21-4)7-11(12)13(18)19/h5-7,9H,8H2,1-4H3,(H,18,19)(H2,15,16,20). The van der Waals surface area contributed by atoms with Crippen LogP contribution in [-0.2, 0) is 0 Å². The van der Waals surface area contributed by atoms with Crippen molar-refractivity contribution < 1.29 is 19.4 Å². The summed E-state index contributed by atoms with van der Waals surface area (Å²) in [6.07, 6.45) is 0. The zero-order chi connectivity index (χ0) is 16.0. The number of anilines is 1. The molecule has 116 valence electrons. The zero-order valence-corrected chi connectivity index (χ0v) is 12.6. The number of amides is 2. The summed E-state index contributed by atoms with van der Waals surface area (Å²) in [7, 11) is 5.26. The number of hydrogen-bond acceptors (Lipinski definition) is 4. The fourth-order valence-electron chi connectivity index (χ4n) is 1.91. The number of hydrogen-bond donors (Lipinski definition) is 3. The van der Waals surface area contributed by atoms with Crippen molar-refractivity contribution in [2.75, 3.05) is 33.1 Å². The number of benzene rings is 1. The highest BCUT2D eigenvalue weighted by Crippen LogP contribution is 2.22. The first-order valence-corrected chi connectivity index (χ1v) is 6.47. The third-order valence-corrected chi connectivity index (χ3v) is 2.72. The first kappa shape index (κ1) is 16.8. The fourth-order valence-corrected chi connectivity index (χ4v) is 1.91. The van der Waals surface area contributed by atoms with Crippen molar-refractivity contribution in [1.29, 1.82) is 0 Å². The number of nitrogens with one attached hydrogen (secondary N) is 2. The molecule has 1 unspecified atom stereocenters. The lowest BCUT2D eigenvalue weighted by atomic mass is 10.1. The molecular weight excluding hydrogens is 274 g/mol. The number of rotatable bonds is 6. The van der Waals surface area contributed by atoms with Gasteiger partial charge in [-0.25, -0.2) is 9.59 Å². The number of nitrogens with zero attached hydrogens (tertiary/aromatic N) is 1. The van der Waals surface area contributed by atoms with Crippen LogP contribution >= 0.6 is 0 Å². The summed E-state index contributed by atoms with van der Waals surface area (Å²) in [5.41, 5.74) is 0.197. The second-order valence-electron chi connectivity index (χ2n) is 4.98. The number of aromatic carboxylic acids is 1. The van der Waals surface area contributed by atoms with Gasteiger partial charge < -0.3 is 25.4 Å². The molecule has 3 N–H and O–H groups in total.